The molecule has 0 radical (unpaired) electrons. The molecule has 10 heteroatoms. The lowest BCUT2D eigenvalue weighted by molar-refractivity contribution is -0.134. The molecule has 2 aliphatic rings. The second kappa shape index (κ2) is 9.90. The Morgan fingerprint density at radius 2 is 1.78 bits per heavy atom. The topological polar surface area (TPSA) is 125 Å². The van der Waals surface area contributed by atoms with Crippen molar-refractivity contribution >= 4 is 23.3 Å². The van der Waals surface area contributed by atoms with Crippen LogP contribution in [0.5, 0.6) is 5.75 Å². The molecule has 0 saturated carbocycles. The van der Waals surface area contributed by atoms with Crippen LogP contribution in [0.4, 0.5) is 15.9 Å². The van der Waals surface area contributed by atoms with Gasteiger partial charge in [0.25, 0.3) is 0 Å². The van der Waals surface area contributed by atoms with Gasteiger partial charge in [-0.25, -0.2) is 4.39 Å². The lowest BCUT2D eigenvalue weighted by Gasteiger charge is -2.36. The summed E-state index contributed by atoms with van der Waals surface area (Å²) in [4.78, 5) is 28.0. The normalized spacial score (nSPS) is 18.8. The van der Waals surface area contributed by atoms with Crippen molar-refractivity contribution in [2.24, 2.45) is 0 Å². The summed E-state index contributed by atoms with van der Waals surface area (Å²) in [7, 11) is 0. The summed E-state index contributed by atoms with van der Waals surface area (Å²) >= 11 is 0. The minimum atomic E-state index is -0.471. The molecule has 0 spiro atoms. The second-order valence-corrected chi connectivity index (χ2v) is 9.17. The van der Waals surface area contributed by atoms with Gasteiger partial charge in [-0.05, 0) is 41.8 Å². The number of hydrogen-bond acceptors (Lipinski definition) is 8. The molecule has 2 aromatic carbocycles. The fourth-order valence-corrected chi connectivity index (χ4v) is 4.76. The highest BCUT2D eigenvalue weighted by Crippen LogP contribution is 2.32. The molecule has 1 unspecified atom stereocenters. The molecular formula is C26H27FN6O3. The predicted molar refractivity (Wildman–Crippen MR) is 133 cm³/mol. The summed E-state index contributed by atoms with van der Waals surface area (Å²) in [5.74, 6) is -0.974. The minimum absolute atomic E-state index is 0.0742. The van der Waals surface area contributed by atoms with Gasteiger partial charge in [0, 0.05) is 44.7 Å². The number of carbonyl (C=O) groups excluding carboxylic acids is 2. The van der Waals surface area contributed by atoms with Crippen LogP contribution in [0, 0.1) is 5.82 Å². The van der Waals surface area contributed by atoms with E-state index >= 15 is 0 Å². The van der Waals surface area contributed by atoms with Crippen molar-refractivity contribution in [1.82, 2.24) is 20.4 Å². The Labute approximate surface area is 207 Å². The number of aromatic nitrogens is 2. The number of benzene rings is 2. The van der Waals surface area contributed by atoms with Crippen molar-refractivity contribution in [2.45, 2.75) is 25.3 Å². The molecule has 2 saturated heterocycles. The molecule has 3 aromatic rings. The number of aromatic hydroxyl groups is 1. The first kappa shape index (κ1) is 23.7. The number of phenols is 1. The number of nitrogens with one attached hydrogen (secondary N) is 1. The van der Waals surface area contributed by atoms with Gasteiger partial charge in [-0.2, -0.15) is 0 Å². The standard InChI is InChI=1S/C26H27FN6O3/c27-18-5-7-23(34)20(13-18)21-14-22(25(28)31-30-21)33-11-9-32(10-12-33)15-16-1-3-17(4-2-16)19-6-8-24(35)29-26(19)36/h1-5,7,13-14,19,34H,6,8-12,15H2,(H2,28,31)(H,29,35,36). The van der Waals surface area contributed by atoms with Crippen LogP contribution in [0.15, 0.2) is 48.5 Å². The molecule has 2 aliphatic heterocycles. The molecule has 5 rings (SSSR count). The molecule has 36 heavy (non-hydrogen) atoms. The maximum Gasteiger partial charge on any atom is 0.234 e. The van der Waals surface area contributed by atoms with E-state index in [2.05, 4.69) is 25.3 Å². The van der Waals surface area contributed by atoms with Crippen LogP contribution < -0.4 is 16.0 Å². The third-order valence-corrected chi connectivity index (χ3v) is 6.78. The van der Waals surface area contributed by atoms with Crippen LogP contribution in [-0.4, -0.2) is 58.2 Å². The Morgan fingerprint density at radius 1 is 1.03 bits per heavy atom. The molecular weight excluding hydrogens is 463 g/mol. The van der Waals surface area contributed by atoms with E-state index in [0.29, 0.717) is 24.2 Å². The van der Waals surface area contributed by atoms with E-state index in [0.717, 1.165) is 43.9 Å². The summed E-state index contributed by atoms with van der Waals surface area (Å²) in [6.07, 6.45) is 0.907. The molecule has 186 valence electrons. The highest BCUT2D eigenvalue weighted by Gasteiger charge is 2.28. The van der Waals surface area contributed by atoms with E-state index in [1.807, 2.05) is 24.3 Å². The Hall–Kier alpha value is -4.05. The largest absolute Gasteiger partial charge is 0.507 e. The number of anilines is 2. The number of halogens is 1. The smallest absolute Gasteiger partial charge is 0.234 e. The van der Waals surface area contributed by atoms with E-state index in [1.54, 1.807) is 6.07 Å². The van der Waals surface area contributed by atoms with Gasteiger partial charge < -0.3 is 15.7 Å². The monoisotopic (exact) mass is 490 g/mol. The van der Waals surface area contributed by atoms with Gasteiger partial charge >= 0.3 is 0 Å². The number of nitrogen functional groups attached to an aromatic ring is 1. The van der Waals surface area contributed by atoms with Gasteiger partial charge in [-0.1, -0.05) is 24.3 Å². The van der Waals surface area contributed by atoms with Crippen molar-refractivity contribution in [3.63, 3.8) is 0 Å². The summed E-state index contributed by atoms with van der Waals surface area (Å²) in [6.45, 7) is 3.82. The Kier molecular flexibility index (Phi) is 6.51. The number of hydrogen-bond donors (Lipinski definition) is 3. The minimum Gasteiger partial charge on any atom is -0.507 e. The van der Waals surface area contributed by atoms with Crippen LogP contribution in [0.2, 0.25) is 0 Å². The zero-order chi connectivity index (χ0) is 25.2. The first-order valence-corrected chi connectivity index (χ1v) is 11.9. The number of carbonyl (C=O) groups is 2. The van der Waals surface area contributed by atoms with Crippen molar-refractivity contribution in [2.75, 3.05) is 36.8 Å². The molecule has 0 bridgehead atoms. The van der Waals surface area contributed by atoms with Crippen molar-refractivity contribution in [3.8, 4) is 17.0 Å². The van der Waals surface area contributed by atoms with Crippen LogP contribution in [-0.2, 0) is 16.1 Å². The summed E-state index contributed by atoms with van der Waals surface area (Å²) < 4.78 is 13.7. The first-order valence-electron chi connectivity index (χ1n) is 11.9. The SMILES string of the molecule is Nc1nnc(-c2cc(F)ccc2O)cc1N1CCN(Cc2ccc(C3CCC(=O)NC3=O)cc2)CC1. The predicted octanol–water partition coefficient (Wildman–Crippen LogP) is 2.41. The molecule has 0 aliphatic carbocycles. The van der Waals surface area contributed by atoms with Crippen LogP contribution in [0.25, 0.3) is 11.3 Å². The molecule has 2 fully saturated rings. The highest BCUT2D eigenvalue weighted by molar-refractivity contribution is 6.00. The van der Waals surface area contributed by atoms with E-state index in [1.165, 1.54) is 18.2 Å². The van der Waals surface area contributed by atoms with Gasteiger partial charge in [0.1, 0.15) is 11.6 Å². The third kappa shape index (κ3) is 4.99. The van der Waals surface area contributed by atoms with E-state index in [-0.39, 0.29) is 34.9 Å². The third-order valence-electron chi connectivity index (χ3n) is 6.78. The lowest BCUT2D eigenvalue weighted by Crippen LogP contribution is -2.46. The van der Waals surface area contributed by atoms with Crippen LogP contribution in [0.1, 0.15) is 29.9 Å². The van der Waals surface area contributed by atoms with Gasteiger partial charge in [0.15, 0.2) is 5.82 Å². The highest BCUT2D eigenvalue weighted by atomic mass is 19.1. The van der Waals surface area contributed by atoms with Crippen molar-refractivity contribution in [1.29, 1.82) is 0 Å². The number of amides is 2. The maximum atomic E-state index is 13.7. The lowest BCUT2D eigenvalue weighted by atomic mass is 9.90. The number of piperidine rings is 1. The number of piperazine rings is 1. The van der Waals surface area contributed by atoms with Gasteiger partial charge in [0.2, 0.25) is 11.8 Å². The number of imide groups is 1. The summed E-state index contributed by atoms with van der Waals surface area (Å²) in [5.41, 5.74) is 9.51. The van der Waals surface area contributed by atoms with E-state index in [9.17, 15) is 19.1 Å². The van der Waals surface area contributed by atoms with Gasteiger partial charge in [0.05, 0.1) is 17.3 Å². The van der Waals surface area contributed by atoms with Crippen LogP contribution >= 0.6 is 0 Å². The summed E-state index contributed by atoms with van der Waals surface area (Å²) in [5, 5.41) is 20.6. The molecule has 2 amide bonds. The number of phenolic OH excluding ortho intramolecular Hbond substituents is 1. The fourth-order valence-electron chi connectivity index (χ4n) is 4.76. The van der Waals surface area contributed by atoms with Crippen molar-refractivity contribution in [3.05, 3.63) is 65.5 Å². The zero-order valence-corrected chi connectivity index (χ0v) is 19.7. The van der Waals surface area contributed by atoms with Gasteiger partial charge in [-0.3, -0.25) is 19.8 Å². The fraction of sp³-hybridized carbons (Fsp3) is 0.308. The maximum absolute atomic E-state index is 13.7. The average molecular weight is 491 g/mol. The number of nitrogens with two attached hydrogens (primary N) is 1. The second-order valence-electron chi connectivity index (χ2n) is 9.17. The Morgan fingerprint density at radius 3 is 2.50 bits per heavy atom. The Balaban J connectivity index is 1.21. The zero-order valence-electron chi connectivity index (χ0n) is 19.7. The average Bonchev–Trinajstić information content (AvgIpc) is 2.87. The molecule has 3 heterocycles. The molecule has 4 N–H and O–H groups in total. The van der Waals surface area contributed by atoms with Crippen LogP contribution in [0.3, 0.4) is 0 Å². The first-order chi connectivity index (χ1) is 17.4. The van der Waals surface area contributed by atoms with Crippen molar-refractivity contribution < 1.29 is 19.1 Å². The quantitative estimate of drug-likeness (QED) is 0.466. The molecule has 9 nitrogen and oxygen atoms in total. The Bertz CT molecular complexity index is 1290. The van der Waals surface area contributed by atoms with Gasteiger partial charge in [-0.15, -0.1) is 10.2 Å². The number of nitrogens with zero attached hydrogens (tertiary/aromatic N) is 4. The van der Waals surface area contributed by atoms with E-state index < -0.39 is 5.82 Å². The van der Waals surface area contributed by atoms with E-state index in [4.69, 9.17) is 5.73 Å². The molecule has 1 atom stereocenters. The molecule has 1 aromatic heterocycles. The number of rotatable bonds is 5. The summed E-state index contributed by atoms with van der Waals surface area (Å²) in [6, 6.07) is 13.5.